The summed E-state index contributed by atoms with van der Waals surface area (Å²) in [6.07, 6.45) is 0.661. The SMILES string of the molecule is NC1CC1C(=O)Nc1cc(Cl)ccc1F. The zero-order valence-electron chi connectivity index (χ0n) is 7.84. The van der Waals surface area contributed by atoms with Gasteiger partial charge in [0, 0.05) is 11.1 Å². The van der Waals surface area contributed by atoms with Crippen LogP contribution in [-0.4, -0.2) is 11.9 Å². The summed E-state index contributed by atoms with van der Waals surface area (Å²) in [5.74, 6) is -0.936. The highest BCUT2D eigenvalue weighted by Crippen LogP contribution is 2.30. The summed E-state index contributed by atoms with van der Waals surface area (Å²) >= 11 is 5.68. The first-order valence-electron chi connectivity index (χ1n) is 4.59. The number of benzene rings is 1. The summed E-state index contributed by atoms with van der Waals surface area (Å²) in [6.45, 7) is 0. The number of anilines is 1. The molecule has 0 heterocycles. The number of carbonyl (C=O) groups is 1. The summed E-state index contributed by atoms with van der Waals surface area (Å²) in [5.41, 5.74) is 5.61. The van der Waals surface area contributed by atoms with Gasteiger partial charge in [0.1, 0.15) is 5.82 Å². The van der Waals surface area contributed by atoms with Gasteiger partial charge in [0.05, 0.1) is 11.6 Å². The third-order valence-corrected chi connectivity index (χ3v) is 2.60. The fraction of sp³-hybridized carbons (Fsp3) is 0.300. The Balaban J connectivity index is 2.10. The molecule has 2 rings (SSSR count). The van der Waals surface area contributed by atoms with Crippen molar-refractivity contribution in [1.82, 2.24) is 0 Å². The summed E-state index contributed by atoms with van der Waals surface area (Å²) in [5, 5.41) is 2.85. The monoisotopic (exact) mass is 228 g/mol. The second kappa shape index (κ2) is 3.79. The molecule has 1 aliphatic carbocycles. The van der Waals surface area contributed by atoms with Crippen LogP contribution in [0.15, 0.2) is 18.2 Å². The quantitative estimate of drug-likeness (QED) is 0.811. The number of hydrogen-bond acceptors (Lipinski definition) is 2. The minimum absolute atomic E-state index is 0.0905. The first-order valence-corrected chi connectivity index (χ1v) is 4.97. The Labute approximate surface area is 91.4 Å². The molecule has 0 radical (unpaired) electrons. The van der Waals surface area contributed by atoms with E-state index in [9.17, 15) is 9.18 Å². The van der Waals surface area contributed by atoms with Gasteiger partial charge < -0.3 is 11.1 Å². The van der Waals surface area contributed by atoms with Gasteiger partial charge in [-0.3, -0.25) is 4.79 Å². The van der Waals surface area contributed by atoms with E-state index < -0.39 is 5.82 Å². The van der Waals surface area contributed by atoms with Gasteiger partial charge in [0.2, 0.25) is 5.91 Å². The van der Waals surface area contributed by atoms with E-state index in [2.05, 4.69) is 5.32 Å². The fourth-order valence-electron chi connectivity index (χ4n) is 1.33. The van der Waals surface area contributed by atoms with E-state index in [1.54, 1.807) is 0 Å². The first-order chi connectivity index (χ1) is 7.08. The number of amides is 1. The molecular weight excluding hydrogens is 219 g/mol. The van der Waals surface area contributed by atoms with E-state index in [4.69, 9.17) is 17.3 Å². The third kappa shape index (κ3) is 2.27. The lowest BCUT2D eigenvalue weighted by Gasteiger charge is -2.05. The molecule has 0 saturated heterocycles. The molecule has 3 nitrogen and oxygen atoms in total. The molecule has 1 aromatic carbocycles. The molecule has 15 heavy (non-hydrogen) atoms. The summed E-state index contributed by atoms with van der Waals surface area (Å²) < 4.78 is 13.2. The molecule has 3 N–H and O–H groups in total. The smallest absolute Gasteiger partial charge is 0.229 e. The van der Waals surface area contributed by atoms with Gasteiger partial charge in [0.15, 0.2) is 0 Å². The minimum atomic E-state index is -0.498. The lowest BCUT2D eigenvalue weighted by atomic mass is 10.3. The third-order valence-electron chi connectivity index (χ3n) is 2.36. The van der Waals surface area contributed by atoms with E-state index in [0.717, 1.165) is 0 Å². The molecule has 1 aromatic rings. The summed E-state index contributed by atoms with van der Waals surface area (Å²) in [6, 6.07) is 3.93. The number of nitrogens with two attached hydrogens (primary N) is 1. The minimum Gasteiger partial charge on any atom is -0.327 e. The Morgan fingerprint density at radius 3 is 2.87 bits per heavy atom. The Morgan fingerprint density at radius 1 is 1.60 bits per heavy atom. The summed E-state index contributed by atoms with van der Waals surface area (Å²) in [4.78, 5) is 11.4. The van der Waals surface area contributed by atoms with Crippen molar-refractivity contribution in [3.63, 3.8) is 0 Å². The van der Waals surface area contributed by atoms with Crippen LogP contribution >= 0.6 is 11.6 Å². The number of carbonyl (C=O) groups excluding carboxylic acids is 1. The first kappa shape index (κ1) is 10.4. The van der Waals surface area contributed by atoms with Crippen LogP contribution in [0.1, 0.15) is 6.42 Å². The molecule has 80 valence electrons. The van der Waals surface area contributed by atoms with E-state index in [1.165, 1.54) is 18.2 Å². The van der Waals surface area contributed by atoms with Crippen LogP contribution in [0.4, 0.5) is 10.1 Å². The maximum Gasteiger partial charge on any atom is 0.229 e. The molecule has 2 atom stereocenters. The molecule has 0 spiro atoms. The normalized spacial score (nSPS) is 23.7. The van der Waals surface area contributed by atoms with Crippen LogP contribution in [0, 0.1) is 11.7 Å². The Kier molecular flexibility index (Phi) is 2.63. The van der Waals surface area contributed by atoms with Crippen LogP contribution in [0.5, 0.6) is 0 Å². The Morgan fingerprint density at radius 2 is 2.27 bits per heavy atom. The zero-order chi connectivity index (χ0) is 11.0. The fourth-order valence-corrected chi connectivity index (χ4v) is 1.51. The lowest BCUT2D eigenvalue weighted by Crippen LogP contribution is -2.19. The average molecular weight is 229 g/mol. The second-order valence-electron chi connectivity index (χ2n) is 3.62. The van der Waals surface area contributed by atoms with Crippen molar-refractivity contribution >= 4 is 23.2 Å². The van der Waals surface area contributed by atoms with Crippen LogP contribution in [0.2, 0.25) is 5.02 Å². The molecule has 1 amide bonds. The largest absolute Gasteiger partial charge is 0.327 e. The van der Waals surface area contributed by atoms with Gasteiger partial charge in [-0.1, -0.05) is 11.6 Å². The standard InChI is InChI=1S/C10H10ClFN2O/c11-5-1-2-7(12)9(3-5)14-10(15)6-4-8(6)13/h1-3,6,8H,4,13H2,(H,14,15). The van der Waals surface area contributed by atoms with Gasteiger partial charge in [0.25, 0.3) is 0 Å². The molecule has 1 fully saturated rings. The van der Waals surface area contributed by atoms with Crippen molar-refractivity contribution in [3.8, 4) is 0 Å². The topological polar surface area (TPSA) is 55.1 Å². The van der Waals surface area contributed by atoms with Crippen molar-refractivity contribution in [1.29, 1.82) is 0 Å². The molecule has 5 heteroatoms. The van der Waals surface area contributed by atoms with E-state index in [-0.39, 0.29) is 23.6 Å². The van der Waals surface area contributed by atoms with Crippen LogP contribution in [0.25, 0.3) is 0 Å². The van der Waals surface area contributed by atoms with Crippen molar-refractivity contribution in [2.24, 2.45) is 11.7 Å². The highest BCUT2D eigenvalue weighted by atomic mass is 35.5. The lowest BCUT2D eigenvalue weighted by molar-refractivity contribution is -0.117. The van der Waals surface area contributed by atoms with Gasteiger partial charge >= 0.3 is 0 Å². The number of nitrogens with one attached hydrogen (secondary N) is 1. The Hall–Kier alpha value is -1.13. The predicted octanol–water partition coefficient (Wildman–Crippen LogP) is 1.76. The number of halogens is 2. The molecule has 0 aromatic heterocycles. The molecule has 1 saturated carbocycles. The highest BCUT2D eigenvalue weighted by Gasteiger charge is 2.40. The highest BCUT2D eigenvalue weighted by molar-refractivity contribution is 6.30. The van der Waals surface area contributed by atoms with Gasteiger partial charge in [-0.15, -0.1) is 0 Å². The number of hydrogen-bond donors (Lipinski definition) is 2. The van der Waals surface area contributed by atoms with Crippen LogP contribution < -0.4 is 11.1 Å². The predicted molar refractivity (Wildman–Crippen MR) is 56.1 cm³/mol. The van der Waals surface area contributed by atoms with Crippen molar-refractivity contribution < 1.29 is 9.18 Å². The van der Waals surface area contributed by atoms with E-state index in [1.807, 2.05) is 0 Å². The van der Waals surface area contributed by atoms with Gasteiger partial charge in [-0.25, -0.2) is 4.39 Å². The second-order valence-corrected chi connectivity index (χ2v) is 4.06. The number of rotatable bonds is 2. The van der Waals surface area contributed by atoms with Crippen molar-refractivity contribution in [2.75, 3.05) is 5.32 Å². The van der Waals surface area contributed by atoms with E-state index >= 15 is 0 Å². The van der Waals surface area contributed by atoms with E-state index in [0.29, 0.717) is 11.4 Å². The molecule has 0 bridgehead atoms. The van der Waals surface area contributed by atoms with Gasteiger partial charge in [-0.05, 0) is 24.6 Å². The zero-order valence-corrected chi connectivity index (χ0v) is 8.59. The van der Waals surface area contributed by atoms with Crippen LogP contribution in [0.3, 0.4) is 0 Å². The van der Waals surface area contributed by atoms with Crippen molar-refractivity contribution in [3.05, 3.63) is 29.0 Å². The van der Waals surface area contributed by atoms with Crippen LogP contribution in [-0.2, 0) is 4.79 Å². The molecule has 2 unspecified atom stereocenters. The molecule has 0 aliphatic heterocycles. The van der Waals surface area contributed by atoms with Crippen molar-refractivity contribution in [2.45, 2.75) is 12.5 Å². The molecule has 1 aliphatic rings. The maximum absolute atomic E-state index is 13.2. The average Bonchev–Trinajstić information content (AvgIpc) is 2.89. The maximum atomic E-state index is 13.2. The summed E-state index contributed by atoms with van der Waals surface area (Å²) in [7, 11) is 0. The molecular formula is C10H10ClFN2O. The van der Waals surface area contributed by atoms with Gasteiger partial charge in [-0.2, -0.15) is 0 Å². The Bertz CT molecular complexity index is 410.